The van der Waals surface area contributed by atoms with Crippen LogP contribution in [0.1, 0.15) is 47.4 Å². The Labute approximate surface area is 279 Å². The monoisotopic (exact) mass is 647 g/mol. The van der Waals surface area contributed by atoms with Crippen LogP contribution in [0.4, 0.5) is 0 Å². The smallest absolute Gasteiger partial charge is 0.145 e. The number of pyridine rings is 2. The van der Waals surface area contributed by atoms with E-state index in [1.54, 1.807) is 24.5 Å². The minimum absolute atomic E-state index is 0.0830. The van der Waals surface area contributed by atoms with Crippen molar-refractivity contribution in [2.45, 2.75) is 38.0 Å². The van der Waals surface area contributed by atoms with E-state index in [4.69, 9.17) is 28.9 Å². The second kappa shape index (κ2) is 15.7. The molecule has 7 heteroatoms. The molecule has 232 valence electrons. The summed E-state index contributed by atoms with van der Waals surface area (Å²) in [5.41, 5.74) is 9.80. The number of halogens is 2. The highest BCUT2D eigenvalue weighted by atomic mass is 35.5. The molecule has 6 rings (SSSR count). The van der Waals surface area contributed by atoms with Crippen molar-refractivity contribution in [3.05, 3.63) is 154 Å². The third-order valence-electron chi connectivity index (χ3n) is 8.13. The summed E-state index contributed by atoms with van der Waals surface area (Å²) in [7, 11) is 0. The lowest BCUT2D eigenvalue weighted by molar-refractivity contribution is -0.120. The van der Waals surface area contributed by atoms with Crippen LogP contribution >= 0.6 is 23.2 Å². The number of carbonyl (C=O) groups is 2. The van der Waals surface area contributed by atoms with Gasteiger partial charge in [-0.25, -0.2) is 0 Å². The first-order valence-electron chi connectivity index (χ1n) is 15.3. The predicted molar refractivity (Wildman–Crippen MR) is 189 cm³/mol. The second-order valence-corrected chi connectivity index (χ2v) is 12.1. The zero-order valence-corrected chi connectivity index (χ0v) is 27.1. The number of hydrogen-bond donors (Lipinski definition) is 1. The van der Waals surface area contributed by atoms with Gasteiger partial charge >= 0.3 is 0 Å². The van der Waals surface area contributed by atoms with E-state index in [-0.39, 0.29) is 29.9 Å². The molecule has 0 aliphatic carbocycles. The lowest BCUT2D eigenvalue weighted by Gasteiger charge is -2.14. The Balaban J connectivity index is 0.000000181. The van der Waals surface area contributed by atoms with Crippen LogP contribution in [0, 0.1) is 0 Å². The molecule has 0 saturated carbocycles. The average molecular weight is 649 g/mol. The summed E-state index contributed by atoms with van der Waals surface area (Å²) >= 11 is 11.8. The quantitative estimate of drug-likeness (QED) is 0.160. The van der Waals surface area contributed by atoms with Crippen LogP contribution in [-0.4, -0.2) is 28.1 Å². The number of nitrogens with zero attached hydrogens (tertiary/aromatic N) is 2. The maximum absolute atomic E-state index is 12.7. The first-order valence-corrected chi connectivity index (χ1v) is 16.0. The van der Waals surface area contributed by atoms with Crippen LogP contribution in [0.3, 0.4) is 0 Å². The predicted octanol–water partition coefficient (Wildman–Crippen LogP) is 8.94. The topological polar surface area (TPSA) is 85.9 Å². The molecule has 4 aromatic carbocycles. The van der Waals surface area contributed by atoms with Gasteiger partial charge in [-0.15, -0.1) is 0 Å². The summed E-state index contributed by atoms with van der Waals surface area (Å²) in [5, 5.41) is 5.70. The standard InChI is InChI=1S/C20H18ClNO.C19H17ClN2O/c1-2-19(15-5-7-18(21)8-6-15)20(23)12-14-3-4-17-13-22-10-9-16(17)11-14;20-17-5-3-14(4-6-17)18(11-21)19(23)10-13-1-2-16-12-22-8-7-15(16)9-13/h3-11,13,19H,2,12H2,1H3;1-9,12,18H,10-11,21H2/t19-;18-/m11/s1. The second-order valence-electron chi connectivity index (χ2n) is 11.3. The van der Waals surface area contributed by atoms with E-state index in [9.17, 15) is 9.59 Å². The molecule has 0 spiro atoms. The number of Topliss-reactive ketones (excluding diaryl/α,β-unsaturated/α-hetero) is 2. The van der Waals surface area contributed by atoms with Gasteiger partial charge in [-0.2, -0.15) is 0 Å². The van der Waals surface area contributed by atoms with Gasteiger partial charge in [0, 0.05) is 70.9 Å². The molecule has 2 aromatic heterocycles. The van der Waals surface area contributed by atoms with E-state index in [1.165, 1.54) is 0 Å². The Bertz CT molecular complexity index is 1800. The lowest BCUT2D eigenvalue weighted by Crippen LogP contribution is -2.23. The number of benzene rings is 4. The first-order chi connectivity index (χ1) is 22.3. The van der Waals surface area contributed by atoms with E-state index >= 15 is 0 Å². The maximum atomic E-state index is 12.7. The Kier molecular flexibility index (Phi) is 11.3. The fourth-order valence-electron chi connectivity index (χ4n) is 5.63. The van der Waals surface area contributed by atoms with Crippen LogP contribution in [0.2, 0.25) is 10.0 Å². The fraction of sp³-hybridized carbons (Fsp3) is 0.179. The zero-order valence-electron chi connectivity index (χ0n) is 25.6. The molecule has 0 amide bonds. The van der Waals surface area contributed by atoms with E-state index in [2.05, 4.69) is 16.0 Å². The summed E-state index contributed by atoms with van der Waals surface area (Å²) < 4.78 is 0. The molecule has 6 aromatic rings. The summed E-state index contributed by atoms with van der Waals surface area (Å²) in [6, 6.07) is 30.9. The molecule has 2 atom stereocenters. The van der Waals surface area contributed by atoms with Gasteiger partial charge in [0.2, 0.25) is 0 Å². The van der Waals surface area contributed by atoms with Crippen molar-refractivity contribution in [3.8, 4) is 0 Å². The molecule has 5 nitrogen and oxygen atoms in total. The summed E-state index contributed by atoms with van der Waals surface area (Å²) in [6.45, 7) is 2.33. The lowest BCUT2D eigenvalue weighted by atomic mass is 9.89. The number of rotatable bonds is 10. The van der Waals surface area contributed by atoms with Gasteiger partial charge in [0.1, 0.15) is 11.6 Å². The number of nitrogens with two attached hydrogens (primary N) is 1. The fourth-order valence-corrected chi connectivity index (χ4v) is 5.88. The molecule has 2 heterocycles. The minimum Gasteiger partial charge on any atom is -0.329 e. The summed E-state index contributed by atoms with van der Waals surface area (Å²) in [4.78, 5) is 33.6. The molecule has 0 aliphatic heterocycles. The van der Waals surface area contributed by atoms with Crippen LogP contribution in [0.15, 0.2) is 122 Å². The molecule has 0 radical (unpaired) electrons. The van der Waals surface area contributed by atoms with E-state index < -0.39 is 0 Å². The van der Waals surface area contributed by atoms with Crippen LogP contribution < -0.4 is 5.73 Å². The zero-order chi connectivity index (χ0) is 32.5. The van der Waals surface area contributed by atoms with Crippen LogP contribution in [0.5, 0.6) is 0 Å². The van der Waals surface area contributed by atoms with Crippen molar-refractivity contribution >= 4 is 56.3 Å². The van der Waals surface area contributed by atoms with Crippen LogP contribution in [0.25, 0.3) is 21.5 Å². The van der Waals surface area contributed by atoms with Gasteiger partial charge in [0.15, 0.2) is 0 Å². The van der Waals surface area contributed by atoms with Crippen LogP contribution in [-0.2, 0) is 22.4 Å². The highest BCUT2D eigenvalue weighted by Crippen LogP contribution is 2.25. The Morgan fingerprint density at radius 1 is 0.609 bits per heavy atom. The Morgan fingerprint density at radius 2 is 1.04 bits per heavy atom. The molecule has 0 fully saturated rings. The van der Waals surface area contributed by atoms with Gasteiger partial charge in [-0.1, -0.05) is 90.8 Å². The number of ketones is 2. The van der Waals surface area contributed by atoms with Crippen molar-refractivity contribution in [1.82, 2.24) is 9.97 Å². The van der Waals surface area contributed by atoms with Gasteiger partial charge in [0.25, 0.3) is 0 Å². The molecule has 0 aliphatic rings. The van der Waals surface area contributed by atoms with Crippen molar-refractivity contribution in [3.63, 3.8) is 0 Å². The molecule has 0 unspecified atom stereocenters. The van der Waals surface area contributed by atoms with Crippen molar-refractivity contribution in [2.75, 3.05) is 6.54 Å². The number of fused-ring (bicyclic) bond motifs is 2. The average Bonchev–Trinajstić information content (AvgIpc) is 3.07. The largest absolute Gasteiger partial charge is 0.329 e. The highest BCUT2D eigenvalue weighted by molar-refractivity contribution is 6.30. The third kappa shape index (κ3) is 8.43. The highest BCUT2D eigenvalue weighted by Gasteiger charge is 2.20. The first kappa shape index (κ1) is 33.0. The third-order valence-corrected chi connectivity index (χ3v) is 8.64. The molecule has 2 N–H and O–H groups in total. The van der Waals surface area contributed by atoms with Gasteiger partial charge in [-0.3, -0.25) is 19.6 Å². The van der Waals surface area contributed by atoms with Crippen molar-refractivity contribution < 1.29 is 9.59 Å². The minimum atomic E-state index is -0.305. The number of hydrogen-bond acceptors (Lipinski definition) is 5. The SMILES string of the molecule is CC[C@@H](C(=O)Cc1ccc2cnccc2c1)c1ccc(Cl)cc1.NC[C@@H](C(=O)Cc1ccc2cnccc2c1)c1ccc(Cl)cc1. The molecule has 0 bridgehead atoms. The summed E-state index contributed by atoms with van der Waals surface area (Å²) in [5.74, 6) is -0.0349. The maximum Gasteiger partial charge on any atom is 0.145 e. The van der Waals surface area contributed by atoms with E-state index in [0.717, 1.165) is 50.2 Å². The van der Waals surface area contributed by atoms with E-state index in [0.29, 0.717) is 22.9 Å². The normalized spacial score (nSPS) is 12.3. The van der Waals surface area contributed by atoms with E-state index in [1.807, 2.05) is 98.2 Å². The molecule has 46 heavy (non-hydrogen) atoms. The summed E-state index contributed by atoms with van der Waals surface area (Å²) in [6.07, 6.45) is 8.78. The Morgan fingerprint density at radius 3 is 1.48 bits per heavy atom. The van der Waals surface area contributed by atoms with Gasteiger partial charge < -0.3 is 5.73 Å². The molecule has 0 saturated heterocycles. The molecular weight excluding hydrogens is 613 g/mol. The Hall–Kier alpha value is -4.42. The van der Waals surface area contributed by atoms with Gasteiger partial charge in [0.05, 0.1) is 5.92 Å². The molecular formula is C39H35Cl2N3O2. The van der Waals surface area contributed by atoms with Crippen molar-refractivity contribution in [2.24, 2.45) is 5.73 Å². The number of carbonyl (C=O) groups excluding carboxylic acids is 2. The number of aromatic nitrogens is 2. The van der Waals surface area contributed by atoms with Gasteiger partial charge in [-0.05, 0) is 75.8 Å². The van der Waals surface area contributed by atoms with Crippen molar-refractivity contribution in [1.29, 1.82) is 0 Å².